The van der Waals surface area contributed by atoms with Crippen LogP contribution in [0.25, 0.3) is 5.57 Å². The van der Waals surface area contributed by atoms with Gasteiger partial charge in [-0.15, -0.1) is 0 Å². The van der Waals surface area contributed by atoms with Gasteiger partial charge in [-0.05, 0) is 43.2 Å². The van der Waals surface area contributed by atoms with Crippen LogP contribution in [0.3, 0.4) is 0 Å². The van der Waals surface area contributed by atoms with Crippen LogP contribution in [0.2, 0.25) is 0 Å². The number of benzene rings is 2. The molecule has 0 N–H and O–H groups in total. The van der Waals surface area contributed by atoms with Gasteiger partial charge in [-0.3, -0.25) is 4.79 Å². The Morgan fingerprint density at radius 2 is 1.63 bits per heavy atom. The summed E-state index contributed by atoms with van der Waals surface area (Å²) in [6.07, 6.45) is 1.97. The van der Waals surface area contributed by atoms with E-state index in [9.17, 15) is 9.18 Å². The first kappa shape index (κ1) is 21.5. The monoisotopic (exact) mass is 415 g/mol. The molecule has 0 aromatic heterocycles. The highest BCUT2D eigenvalue weighted by Crippen LogP contribution is 2.40. The zero-order valence-electron chi connectivity index (χ0n) is 17.6. The van der Waals surface area contributed by atoms with Gasteiger partial charge in [0.15, 0.2) is 6.10 Å². The number of halogens is 1. The van der Waals surface area contributed by atoms with Gasteiger partial charge >= 0.3 is 0 Å². The van der Waals surface area contributed by atoms with Gasteiger partial charge in [0.2, 0.25) is 0 Å². The van der Waals surface area contributed by atoms with Crippen molar-refractivity contribution in [3.8, 4) is 23.0 Å². The number of carbonyl (C=O) groups excluding carboxylic acids is 1. The van der Waals surface area contributed by atoms with E-state index in [4.69, 9.17) is 18.9 Å². The Balaban J connectivity index is 1.73. The molecule has 160 valence electrons. The molecule has 0 saturated carbocycles. The standard InChI is InChI=1S/C23H26FNO5/c1-15(30-18-7-5-17(24)6-8-18)23(26)25-11-9-16(10-12-25)22-20(28-3)13-19(27-2)14-21(22)29-4/h5-9,13-15H,10-12H2,1-4H3/t15-/m0/s1. The highest BCUT2D eigenvalue weighted by atomic mass is 19.1. The summed E-state index contributed by atoms with van der Waals surface area (Å²) in [7, 11) is 4.79. The molecule has 1 aliphatic heterocycles. The molecule has 0 bridgehead atoms. The van der Waals surface area contributed by atoms with Crippen LogP contribution in [0, 0.1) is 5.82 Å². The number of rotatable bonds is 7. The number of amides is 1. The second kappa shape index (κ2) is 9.52. The van der Waals surface area contributed by atoms with E-state index in [1.54, 1.807) is 33.2 Å². The Kier molecular flexibility index (Phi) is 6.82. The molecule has 2 aromatic carbocycles. The maximum absolute atomic E-state index is 13.0. The normalized spacial score (nSPS) is 14.6. The van der Waals surface area contributed by atoms with Crippen molar-refractivity contribution >= 4 is 11.5 Å². The Morgan fingerprint density at radius 3 is 2.13 bits per heavy atom. The predicted molar refractivity (Wildman–Crippen MR) is 112 cm³/mol. The fourth-order valence-electron chi connectivity index (χ4n) is 3.44. The fourth-order valence-corrected chi connectivity index (χ4v) is 3.44. The van der Waals surface area contributed by atoms with Crippen LogP contribution in [0.15, 0.2) is 42.5 Å². The number of ether oxygens (including phenoxy) is 4. The lowest BCUT2D eigenvalue weighted by atomic mass is 9.97. The lowest BCUT2D eigenvalue weighted by Crippen LogP contribution is -2.42. The number of nitrogens with zero attached hydrogens (tertiary/aromatic N) is 1. The zero-order chi connectivity index (χ0) is 21.7. The number of hydrogen-bond acceptors (Lipinski definition) is 5. The molecule has 30 heavy (non-hydrogen) atoms. The molecule has 3 rings (SSSR count). The highest BCUT2D eigenvalue weighted by molar-refractivity contribution is 5.83. The van der Waals surface area contributed by atoms with Crippen LogP contribution in [0.5, 0.6) is 23.0 Å². The largest absolute Gasteiger partial charge is 0.496 e. The molecule has 0 aliphatic carbocycles. The van der Waals surface area contributed by atoms with Gasteiger partial charge < -0.3 is 23.8 Å². The molecular weight excluding hydrogens is 389 g/mol. The summed E-state index contributed by atoms with van der Waals surface area (Å²) >= 11 is 0. The van der Waals surface area contributed by atoms with Gasteiger partial charge in [-0.2, -0.15) is 0 Å². The minimum atomic E-state index is -0.671. The average molecular weight is 415 g/mol. The van der Waals surface area contributed by atoms with Gasteiger partial charge in [0.05, 0.1) is 26.9 Å². The number of hydrogen-bond donors (Lipinski definition) is 0. The smallest absolute Gasteiger partial charge is 0.263 e. The summed E-state index contributed by atoms with van der Waals surface area (Å²) in [6.45, 7) is 2.68. The van der Waals surface area contributed by atoms with Gasteiger partial charge in [-0.1, -0.05) is 6.08 Å². The summed E-state index contributed by atoms with van der Waals surface area (Å²) in [4.78, 5) is 14.5. The van der Waals surface area contributed by atoms with Crippen molar-refractivity contribution < 1.29 is 28.1 Å². The summed E-state index contributed by atoms with van der Waals surface area (Å²) in [5.41, 5.74) is 1.91. The maximum atomic E-state index is 13.0. The third kappa shape index (κ3) is 4.67. The average Bonchev–Trinajstić information content (AvgIpc) is 2.79. The van der Waals surface area contributed by atoms with Gasteiger partial charge in [0.25, 0.3) is 5.91 Å². The molecule has 6 nitrogen and oxygen atoms in total. The van der Waals surface area contributed by atoms with Crippen LogP contribution in [-0.4, -0.2) is 51.3 Å². The molecule has 1 amide bonds. The van der Waals surface area contributed by atoms with Crippen molar-refractivity contribution in [2.75, 3.05) is 34.4 Å². The van der Waals surface area contributed by atoms with E-state index in [-0.39, 0.29) is 11.7 Å². The summed E-state index contributed by atoms with van der Waals surface area (Å²) in [5, 5.41) is 0. The van der Waals surface area contributed by atoms with Gasteiger partial charge in [0, 0.05) is 25.2 Å². The minimum Gasteiger partial charge on any atom is -0.496 e. The van der Waals surface area contributed by atoms with Crippen LogP contribution in [0.4, 0.5) is 4.39 Å². The quantitative estimate of drug-likeness (QED) is 0.686. The molecule has 2 aromatic rings. The molecule has 1 heterocycles. The SMILES string of the molecule is COc1cc(OC)c(C2=CCN(C(=O)[C@H](C)Oc3ccc(F)cc3)CC2)c(OC)c1. The van der Waals surface area contributed by atoms with Crippen molar-refractivity contribution in [3.63, 3.8) is 0 Å². The predicted octanol–water partition coefficient (Wildman–Crippen LogP) is 3.93. The molecule has 0 unspecified atom stereocenters. The molecule has 0 fully saturated rings. The van der Waals surface area contributed by atoms with E-state index in [2.05, 4.69) is 0 Å². The van der Waals surface area contributed by atoms with Crippen molar-refractivity contribution in [2.24, 2.45) is 0 Å². The minimum absolute atomic E-state index is 0.122. The van der Waals surface area contributed by atoms with E-state index < -0.39 is 6.10 Å². The van der Waals surface area contributed by atoms with Crippen LogP contribution >= 0.6 is 0 Å². The van der Waals surface area contributed by atoms with Gasteiger partial charge in [0.1, 0.15) is 28.8 Å². The van der Waals surface area contributed by atoms with Crippen LogP contribution < -0.4 is 18.9 Å². The third-order valence-electron chi connectivity index (χ3n) is 5.03. The van der Waals surface area contributed by atoms with Crippen molar-refractivity contribution in [1.29, 1.82) is 0 Å². The van der Waals surface area contributed by atoms with Crippen molar-refractivity contribution in [2.45, 2.75) is 19.4 Å². The van der Waals surface area contributed by atoms with E-state index in [0.717, 1.165) is 11.1 Å². The second-order valence-corrected chi connectivity index (χ2v) is 6.88. The lowest BCUT2D eigenvalue weighted by molar-refractivity contribution is -0.137. The second-order valence-electron chi connectivity index (χ2n) is 6.88. The summed E-state index contributed by atoms with van der Waals surface area (Å²) in [5.74, 6) is 1.95. The Morgan fingerprint density at radius 1 is 1.00 bits per heavy atom. The van der Waals surface area contributed by atoms with Crippen LogP contribution in [0.1, 0.15) is 18.9 Å². The van der Waals surface area contributed by atoms with E-state index in [1.807, 2.05) is 18.2 Å². The summed E-state index contributed by atoms with van der Waals surface area (Å²) < 4.78 is 35.1. The molecule has 1 aliphatic rings. The molecule has 0 radical (unpaired) electrons. The Hall–Kier alpha value is -3.22. The molecule has 7 heteroatoms. The zero-order valence-corrected chi connectivity index (χ0v) is 17.6. The number of carbonyl (C=O) groups is 1. The van der Waals surface area contributed by atoms with Crippen LogP contribution in [-0.2, 0) is 4.79 Å². The lowest BCUT2D eigenvalue weighted by Gasteiger charge is -2.30. The number of methoxy groups -OCH3 is 3. The van der Waals surface area contributed by atoms with Crippen molar-refractivity contribution in [1.82, 2.24) is 4.90 Å². The molecule has 0 saturated heterocycles. The maximum Gasteiger partial charge on any atom is 0.263 e. The molecule has 0 spiro atoms. The van der Waals surface area contributed by atoms with Gasteiger partial charge in [-0.25, -0.2) is 4.39 Å². The topological polar surface area (TPSA) is 57.2 Å². The Bertz CT molecular complexity index is 901. The van der Waals surface area contributed by atoms with Crippen molar-refractivity contribution in [3.05, 3.63) is 53.9 Å². The third-order valence-corrected chi connectivity index (χ3v) is 5.03. The van der Waals surface area contributed by atoms with E-state index in [0.29, 0.717) is 42.5 Å². The first-order valence-electron chi connectivity index (χ1n) is 9.67. The first-order valence-corrected chi connectivity index (χ1v) is 9.67. The highest BCUT2D eigenvalue weighted by Gasteiger charge is 2.26. The van der Waals surface area contributed by atoms with E-state index in [1.165, 1.54) is 24.3 Å². The van der Waals surface area contributed by atoms with E-state index >= 15 is 0 Å². The molecule has 1 atom stereocenters. The summed E-state index contributed by atoms with van der Waals surface area (Å²) in [6, 6.07) is 9.25. The first-order chi connectivity index (χ1) is 14.5. The fraction of sp³-hybridized carbons (Fsp3) is 0.348. The Labute approximate surface area is 175 Å². The molecular formula is C23H26FNO5.